The Kier molecular flexibility index (Phi) is 5.49. The van der Waals surface area contributed by atoms with Crippen LogP contribution < -0.4 is 0 Å². The minimum absolute atomic E-state index is 0.638. The summed E-state index contributed by atoms with van der Waals surface area (Å²) in [5, 5.41) is 0.709. The number of halogens is 1. The first kappa shape index (κ1) is 20.1. The summed E-state index contributed by atoms with van der Waals surface area (Å²) >= 11 is 6.21. The van der Waals surface area contributed by atoms with Crippen LogP contribution in [0.2, 0.25) is 5.02 Å². The Hall–Kier alpha value is -3.82. The third kappa shape index (κ3) is 4.29. The molecule has 0 saturated carbocycles. The second kappa shape index (κ2) is 8.74. The molecule has 5 aromatic rings. The zero-order valence-electron chi connectivity index (χ0n) is 17.5. The average molecular weight is 434 g/mol. The van der Waals surface area contributed by atoms with Crippen molar-refractivity contribution in [3.63, 3.8) is 0 Å². The first-order valence-corrected chi connectivity index (χ1v) is 10.8. The van der Waals surface area contributed by atoms with Crippen molar-refractivity contribution in [1.29, 1.82) is 0 Å². The molecule has 4 heteroatoms. The van der Waals surface area contributed by atoms with Crippen molar-refractivity contribution in [3.8, 4) is 45.3 Å². The van der Waals surface area contributed by atoms with Crippen molar-refractivity contribution in [1.82, 2.24) is 15.0 Å². The van der Waals surface area contributed by atoms with Gasteiger partial charge in [0.1, 0.15) is 0 Å². The van der Waals surface area contributed by atoms with Gasteiger partial charge in [0.2, 0.25) is 0 Å². The first-order chi connectivity index (χ1) is 15.7. The summed E-state index contributed by atoms with van der Waals surface area (Å²) in [6.45, 7) is 2.07. The van der Waals surface area contributed by atoms with Crippen LogP contribution in [0.4, 0.5) is 0 Å². The molecule has 0 unspecified atom stereocenters. The molecular weight excluding hydrogens is 414 g/mol. The van der Waals surface area contributed by atoms with Gasteiger partial charge >= 0.3 is 0 Å². The minimum atomic E-state index is 0.638. The van der Waals surface area contributed by atoms with E-state index in [9.17, 15) is 0 Å². The van der Waals surface area contributed by atoms with Crippen LogP contribution >= 0.6 is 11.6 Å². The second-order valence-electron chi connectivity index (χ2n) is 7.63. The fourth-order valence-corrected chi connectivity index (χ4v) is 3.83. The molecule has 5 rings (SSSR count). The van der Waals surface area contributed by atoms with Gasteiger partial charge in [0.15, 0.2) is 17.5 Å². The summed E-state index contributed by atoms with van der Waals surface area (Å²) in [4.78, 5) is 14.5. The van der Waals surface area contributed by atoms with Gasteiger partial charge in [0.05, 0.1) is 0 Å². The van der Waals surface area contributed by atoms with Crippen LogP contribution in [0.1, 0.15) is 5.56 Å². The minimum Gasteiger partial charge on any atom is -0.208 e. The lowest BCUT2D eigenvalue weighted by Crippen LogP contribution is -2.00. The number of benzene rings is 4. The molecule has 154 valence electrons. The van der Waals surface area contributed by atoms with Crippen LogP contribution in [0.25, 0.3) is 45.3 Å². The quantitative estimate of drug-likeness (QED) is 0.294. The molecule has 0 N–H and O–H groups in total. The van der Waals surface area contributed by atoms with Crippen molar-refractivity contribution in [2.75, 3.05) is 0 Å². The van der Waals surface area contributed by atoms with Crippen molar-refractivity contribution < 1.29 is 0 Å². The van der Waals surface area contributed by atoms with Gasteiger partial charge in [-0.25, -0.2) is 15.0 Å². The van der Waals surface area contributed by atoms with Gasteiger partial charge in [0, 0.05) is 21.7 Å². The zero-order chi connectivity index (χ0) is 21.9. The number of hydrogen-bond donors (Lipinski definition) is 0. The molecule has 0 saturated heterocycles. The van der Waals surface area contributed by atoms with E-state index in [1.165, 1.54) is 0 Å². The van der Waals surface area contributed by atoms with Crippen LogP contribution in [-0.2, 0) is 0 Å². The number of hydrogen-bond acceptors (Lipinski definition) is 3. The van der Waals surface area contributed by atoms with E-state index in [0.717, 1.165) is 33.4 Å². The molecule has 3 nitrogen and oxygen atoms in total. The Morgan fingerprint density at radius 3 is 1.62 bits per heavy atom. The maximum Gasteiger partial charge on any atom is 0.164 e. The largest absolute Gasteiger partial charge is 0.208 e. The fourth-order valence-electron chi connectivity index (χ4n) is 3.64. The van der Waals surface area contributed by atoms with Crippen LogP contribution in [0.15, 0.2) is 103 Å². The number of aryl methyl sites for hydroxylation is 1. The zero-order valence-corrected chi connectivity index (χ0v) is 18.3. The molecule has 1 heterocycles. The van der Waals surface area contributed by atoms with Crippen molar-refractivity contribution >= 4 is 11.6 Å². The molecule has 0 bridgehead atoms. The van der Waals surface area contributed by atoms with E-state index in [1.807, 2.05) is 78.9 Å². The van der Waals surface area contributed by atoms with Gasteiger partial charge in [-0.2, -0.15) is 0 Å². The fraction of sp³-hybridized carbons (Fsp3) is 0.0357. The third-order valence-electron chi connectivity index (χ3n) is 5.22. The van der Waals surface area contributed by atoms with Gasteiger partial charge in [-0.3, -0.25) is 0 Å². The van der Waals surface area contributed by atoms with E-state index >= 15 is 0 Å². The Morgan fingerprint density at radius 2 is 0.969 bits per heavy atom. The SMILES string of the molecule is Cc1cccc(-c2nc(-c3ccccc3)nc(-c3cccc(-c4cccc(Cl)c4)c3)n2)c1. The van der Waals surface area contributed by atoms with Crippen LogP contribution in [0.3, 0.4) is 0 Å². The van der Waals surface area contributed by atoms with Gasteiger partial charge in [0.25, 0.3) is 0 Å². The molecule has 0 aliphatic rings. The van der Waals surface area contributed by atoms with E-state index < -0.39 is 0 Å². The molecule has 4 aromatic carbocycles. The summed E-state index contributed by atoms with van der Waals surface area (Å²) in [7, 11) is 0. The highest BCUT2D eigenvalue weighted by atomic mass is 35.5. The third-order valence-corrected chi connectivity index (χ3v) is 5.46. The second-order valence-corrected chi connectivity index (χ2v) is 8.07. The van der Waals surface area contributed by atoms with Gasteiger partial charge in [-0.05, 0) is 42.3 Å². The highest BCUT2D eigenvalue weighted by Gasteiger charge is 2.13. The maximum absolute atomic E-state index is 6.21. The predicted molar refractivity (Wildman–Crippen MR) is 131 cm³/mol. The maximum atomic E-state index is 6.21. The van der Waals surface area contributed by atoms with Crippen molar-refractivity contribution in [2.45, 2.75) is 6.92 Å². The van der Waals surface area contributed by atoms with Gasteiger partial charge in [-0.15, -0.1) is 0 Å². The Labute approximate surface area is 192 Å². The first-order valence-electron chi connectivity index (χ1n) is 10.4. The van der Waals surface area contributed by atoms with Crippen molar-refractivity contribution in [3.05, 3.63) is 114 Å². The monoisotopic (exact) mass is 433 g/mol. The average Bonchev–Trinajstić information content (AvgIpc) is 2.84. The van der Waals surface area contributed by atoms with Crippen LogP contribution in [-0.4, -0.2) is 15.0 Å². The summed E-state index contributed by atoms with van der Waals surface area (Å²) in [5.74, 6) is 1.95. The topological polar surface area (TPSA) is 38.7 Å². The summed E-state index contributed by atoms with van der Waals surface area (Å²) in [6.07, 6.45) is 0. The van der Waals surface area contributed by atoms with E-state index in [1.54, 1.807) is 0 Å². The number of aromatic nitrogens is 3. The Bertz CT molecular complexity index is 1400. The lowest BCUT2D eigenvalue weighted by molar-refractivity contribution is 1.07. The Balaban J connectivity index is 1.67. The normalized spacial score (nSPS) is 10.8. The molecule has 0 fully saturated rings. The lowest BCUT2D eigenvalue weighted by atomic mass is 10.0. The molecule has 0 radical (unpaired) electrons. The van der Waals surface area contributed by atoms with Crippen molar-refractivity contribution in [2.24, 2.45) is 0 Å². The molecule has 32 heavy (non-hydrogen) atoms. The van der Waals surface area contributed by atoms with Gasteiger partial charge < -0.3 is 0 Å². The molecule has 0 aliphatic heterocycles. The number of nitrogens with zero attached hydrogens (tertiary/aromatic N) is 3. The molecule has 1 aromatic heterocycles. The number of rotatable bonds is 4. The Morgan fingerprint density at radius 1 is 0.469 bits per heavy atom. The smallest absolute Gasteiger partial charge is 0.164 e. The van der Waals surface area contributed by atoms with Crippen LogP contribution in [0, 0.1) is 6.92 Å². The van der Waals surface area contributed by atoms with E-state index in [2.05, 4.69) is 31.2 Å². The summed E-state index contributed by atoms with van der Waals surface area (Å²) in [5.41, 5.74) is 6.12. The van der Waals surface area contributed by atoms with E-state index in [-0.39, 0.29) is 0 Å². The summed E-state index contributed by atoms with van der Waals surface area (Å²) < 4.78 is 0. The molecule has 0 aliphatic carbocycles. The lowest BCUT2D eigenvalue weighted by Gasteiger charge is -2.10. The highest BCUT2D eigenvalue weighted by molar-refractivity contribution is 6.30. The highest BCUT2D eigenvalue weighted by Crippen LogP contribution is 2.29. The van der Waals surface area contributed by atoms with Crippen LogP contribution in [0.5, 0.6) is 0 Å². The molecule has 0 spiro atoms. The van der Waals surface area contributed by atoms with E-state index in [0.29, 0.717) is 22.5 Å². The predicted octanol–water partition coefficient (Wildman–Crippen LogP) is 7.50. The summed E-state index contributed by atoms with van der Waals surface area (Å²) in [6, 6.07) is 34.3. The molecule has 0 atom stereocenters. The van der Waals surface area contributed by atoms with Gasteiger partial charge in [-0.1, -0.05) is 96.0 Å². The standard InChI is InChI=1S/C28H20ClN3/c1-19-8-5-13-23(16-19)27-30-26(20-9-3-2-4-10-20)31-28(32-27)24-14-6-11-21(17-24)22-12-7-15-25(29)18-22/h2-18H,1H3. The molecular formula is C28H20ClN3. The molecule has 0 amide bonds. The van der Waals surface area contributed by atoms with E-state index in [4.69, 9.17) is 26.6 Å².